The Morgan fingerprint density at radius 2 is 0.776 bits per heavy atom. The molecule has 0 bridgehead atoms. The van der Waals surface area contributed by atoms with Gasteiger partial charge < -0.3 is 0 Å². The van der Waals surface area contributed by atoms with E-state index in [9.17, 15) is 0 Å². The number of fused-ring (bicyclic) bond motifs is 12. The van der Waals surface area contributed by atoms with Crippen LogP contribution in [0.15, 0.2) is 200 Å². The number of aromatic nitrogens is 5. The lowest BCUT2D eigenvalue weighted by molar-refractivity contribution is 0.738. The maximum absolute atomic E-state index is 5.48. The Morgan fingerprint density at radius 1 is 0.328 bits per heavy atom. The summed E-state index contributed by atoms with van der Waals surface area (Å²) in [6.07, 6.45) is 0. The fourth-order valence-corrected chi connectivity index (χ4v) is 9.35. The summed E-state index contributed by atoms with van der Waals surface area (Å²) < 4.78 is 2.43. The Morgan fingerprint density at radius 3 is 1.43 bits per heavy atom. The highest BCUT2D eigenvalue weighted by Crippen LogP contribution is 2.61. The first-order chi connectivity index (χ1) is 28.8. The van der Waals surface area contributed by atoms with Crippen LogP contribution in [0.3, 0.4) is 0 Å². The highest BCUT2D eigenvalue weighted by Gasteiger charge is 2.54. The van der Waals surface area contributed by atoms with E-state index < -0.39 is 5.41 Å². The molecule has 0 amide bonds. The fourth-order valence-electron chi connectivity index (χ4n) is 9.35. The normalized spacial score (nSPS) is 13.0. The van der Waals surface area contributed by atoms with Crippen LogP contribution in [0.4, 0.5) is 0 Å². The van der Waals surface area contributed by atoms with Gasteiger partial charge in [0.05, 0.1) is 16.7 Å². The van der Waals surface area contributed by atoms with Crippen LogP contribution in [0.5, 0.6) is 0 Å². The van der Waals surface area contributed by atoms with Crippen molar-refractivity contribution >= 4 is 11.0 Å². The molecule has 5 nitrogen and oxygen atoms in total. The molecule has 2 aliphatic rings. The van der Waals surface area contributed by atoms with Crippen LogP contribution in [0, 0.1) is 0 Å². The molecule has 1 aliphatic carbocycles. The van der Waals surface area contributed by atoms with Gasteiger partial charge in [-0.3, -0.25) is 4.57 Å². The summed E-state index contributed by atoms with van der Waals surface area (Å²) in [6.45, 7) is 0. The second kappa shape index (κ2) is 12.6. The van der Waals surface area contributed by atoms with Crippen molar-refractivity contribution in [2.75, 3.05) is 0 Å². The highest BCUT2D eigenvalue weighted by molar-refractivity contribution is 5.95. The molecule has 0 unspecified atom stereocenters. The van der Waals surface area contributed by atoms with Crippen molar-refractivity contribution in [3.63, 3.8) is 0 Å². The molecule has 12 rings (SSSR count). The van der Waals surface area contributed by atoms with Crippen molar-refractivity contribution in [1.29, 1.82) is 0 Å². The van der Waals surface area contributed by atoms with E-state index >= 15 is 0 Å². The molecule has 2 aromatic heterocycles. The van der Waals surface area contributed by atoms with Gasteiger partial charge in [-0.2, -0.15) is 0 Å². The van der Waals surface area contributed by atoms with Gasteiger partial charge in [-0.1, -0.05) is 176 Å². The number of rotatable bonds is 5. The molecule has 0 radical (unpaired) electrons. The Labute approximate surface area is 335 Å². The third kappa shape index (κ3) is 4.71. The second-order valence-electron chi connectivity index (χ2n) is 15.0. The molecule has 58 heavy (non-hydrogen) atoms. The van der Waals surface area contributed by atoms with Crippen LogP contribution in [-0.2, 0) is 5.41 Å². The summed E-state index contributed by atoms with van der Waals surface area (Å²) in [5.74, 6) is 2.96. The third-order valence-electron chi connectivity index (χ3n) is 11.8. The zero-order chi connectivity index (χ0) is 38.2. The molecule has 0 N–H and O–H groups in total. The van der Waals surface area contributed by atoms with Crippen LogP contribution in [-0.4, -0.2) is 24.5 Å². The molecule has 0 saturated heterocycles. The Kier molecular flexibility index (Phi) is 7.07. The van der Waals surface area contributed by atoms with Crippen molar-refractivity contribution in [3.05, 3.63) is 223 Å². The molecular formula is C53H33N5. The minimum Gasteiger partial charge on any atom is -0.294 e. The average molecular weight is 740 g/mol. The molecule has 1 aliphatic heterocycles. The number of hydrogen-bond acceptors (Lipinski definition) is 4. The summed E-state index contributed by atoms with van der Waals surface area (Å²) >= 11 is 0. The lowest BCUT2D eigenvalue weighted by Gasteiger charge is -2.27. The molecule has 10 aromatic rings. The van der Waals surface area contributed by atoms with Crippen LogP contribution in [0.1, 0.15) is 22.5 Å². The van der Waals surface area contributed by atoms with Crippen LogP contribution in [0.2, 0.25) is 0 Å². The van der Waals surface area contributed by atoms with E-state index in [1.54, 1.807) is 0 Å². The molecule has 5 heteroatoms. The Bertz CT molecular complexity index is 3130. The summed E-state index contributed by atoms with van der Waals surface area (Å²) in [6, 6.07) is 70.7. The van der Waals surface area contributed by atoms with E-state index in [1.807, 2.05) is 60.7 Å². The second-order valence-corrected chi connectivity index (χ2v) is 15.0. The van der Waals surface area contributed by atoms with Gasteiger partial charge in [-0.05, 0) is 68.8 Å². The van der Waals surface area contributed by atoms with Crippen molar-refractivity contribution < 1.29 is 0 Å². The number of hydrogen-bond donors (Lipinski definition) is 0. The highest BCUT2D eigenvalue weighted by atomic mass is 15.1. The zero-order valence-corrected chi connectivity index (χ0v) is 31.3. The minimum absolute atomic E-state index is 0.550. The van der Waals surface area contributed by atoms with Gasteiger partial charge in [-0.15, -0.1) is 0 Å². The van der Waals surface area contributed by atoms with E-state index in [4.69, 9.17) is 19.9 Å². The predicted molar refractivity (Wildman–Crippen MR) is 232 cm³/mol. The SMILES string of the molecule is c1ccc(-c2nc(-c3ccccc3)nc(-c3cccc(-c4cccc(-c5cccc6c5-n5c(nc7ccccc75)C65c6ccccc6-c6ccccc65)c4)c3)n2)cc1. The summed E-state index contributed by atoms with van der Waals surface area (Å²) in [7, 11) is 0. The van der Waals surface area contributed by atoms with Crippen LogP contribution >= 0.6 is 0 Å². The van der Waals surface area contributed by atoms with Gasteiger partial charge in [0, 0.05) is 22.3 Å². The van der Waals surface area contributed by atoms with Gasteiger partial charge in [-0.25, -0.2) is 19.9 Å². The van der Waals surface area contributed by atoms with Gasteiger partial charge in [0.2, 0.25) is 0 Å². The zero-order valence-electron chi connectivity index (χ0n) is 31.3. The number of nitrogens with zero attached hydrogens (tertiary/aromatic N) is 5. The monoisotopic (exact) mass is 739 g/mol. The van der Waals surface area contributed by atoms with Crippen molar-refractivity contribution in [2.24, 2.45) is 0 Å². The maximum atomic E-state index is 5.48. The number of benzene rings is 8. The van der Waals surface area contributed by atoms with Gasteiger partial charge in [0.15, 0.2) is 17.5 Å². The molecule has 0 fully saturated rings. The van der Waals surface area contributed by atoms with Gasteiger partial charge >= 0.3 is 0 Å². The summed E-state index contributed by atoms with van der Waals surface area (Å²) in [5.41, 5.74) is 16.4. The Balaban J connectivity index is 1.02. The molecule has 3 heterocycles. The Hall–Kier alpha value is -7.76. The van der Waals surface area contributed by atoms with Gasteiger partial charge in [0.1, 0.15) is 11.2 Å². The first-order valence-corrected chi connectivity index (χ1v) is 19.6. The van der Waals surface area contributed by atoms with E-state index in [0.717, 1.165) is 55.8 Å². The first kappa shape index (κ1) is 32.5. The first-order valence-electron chi connectivity index (χ1n) is 19.6. The maximum Gasteiger partial charge on any atom is 0.164 e. The van der Waals surface area contributed by atoms with E-state index in [2.05, 4.69) is 144 Å². The molecule has 8 aromatic carbocycles. The molecule has 0 atom stereocenters. The van der Waals surface area contributed by atoms with Crippen molar-refractivity contribution in [1.82, 2.24) is 24.5 Å². The van der Waals surface area contributed by atoms with E-state index in [1.165, 1.54) is 33.5 Å². The van der Waals surface area contributed by atoms with E-state index in [0.29, 0.717) is 17.5 Å². The fraction of sp³-hybridized carbons (Fsp3) is 0.0189. The van der Waals surface area contributed by atoms with E-state index in [-0.39, 0.29) is 0 Å². The number of para-hydroxylation sites is 3. The smallest absolute Gasteiger partial charge is 0.164 e. The van der Waals surface area contributed by atoms with Crippen LogP contribution < -0.4 is 0 Å². The quantitative estimate of drug-likeness (QED) is 0.176. The molecule has 0 saturated carbocycles. The summed E-state index contributed by atoms with van der Waals surface area (Å²) in [4.78, 5) is 20.4. The standard InChI is InChI=1S/C53H33N5/c1-3-16-34(17-4-1)49-55-50(35-18-5-2-6-19-35)57-51(56-49)39-23-14-21-37(33-39)36-20-13-22-38(32-36)40-26-15-29-45-48(40)58-47-31-12-11-30-46(47)54-52(58)53(45)43-27-9-7-24-41(43)42-25-8-10-28-44(42)53/h1-33H. The average Bonchev–Trinajstić information content (AvgIpc) is 3.93. The molecular weight excluding hydrogens is 707 g/mol. The van der Waals surface area contributed by atoms with Crippen LogP contribution in [0.25, 0.3) is 84.3 Å². The lowest BCUT2D eigenvalue weighted by Crippen LogP contribution is -2.27. The van der Waals surface area contributed by atoms with Gasteiger partial charge in [0.25, 0.3) is 0 Å². The summed E-state index contributed by atoms with van der Waals surface area (Å²) in [5, 5.41) is 0. The van der Waals surface area contributed by atoms with Crippen molar-refractivity contribution in [2.45, 2.75) is 5.41 Å². The number of imidazole rings is 1. The van der Waals surface area contributed by atoms with Crippen molar-refractivity contribution in [3.8, 4) is 73.2 Å². The minimum atomic E-state index is -0.550. The molecule has 1 spiro atoms. The largest absolute Gasteiger partial charge is 0.294 e. The lowest BCUT2D eigenvalue weighted by atomic mass is 9.72. The topological polar surface area (TPSA) is 56.5 Å². The molecule has 270 valence electrons. The predicted octanol–water partition coefficient (Wildman–Crippen LogP) is 12.2. The third-order valence-corrected chi connectivity index (χ3v) is 11.8.